The summed E-state index contributed by atoms with van der Waals surface area (Å²) < 4.78 is 30.3. The molecule has 0 radical (unpaired) electrons. The smallest absolute Gasteiger partial charge is 0.289 e. The van der Waals surface area contributed by atoms with Gasteiger partial charge in [0.1, 0.15) is 5.58 Å². The van der Waals surface area contributed by atoms with E-state index < -0.39 is 9.84 Å². The number of carbonyl (C=O) groups excluding carboxylic acids is 1. The van der Waals surface area contributed by atoms with Crippen molar-refractivity contribution in [3.8, 4) is 0 Å². The third-order valence-corrected chi connectivity index (χ3v) is 5.60. The Morgan fingerprint density at radius 1 is 1.12 bits per heavy atom. The number of carbonyl (C=O) groups is 1. The highest BCUT2D eigenvalue weighted by atomic mass is 79.9. The number of hydrogen-bond acceptors (Lipinski definition) is 4. The van der Waals surface area contributed by atoms with Crippen LogP contribution in [0.15, 0.2) is 57.4 Å². The molecule has 0 spiro atoms. The maximum Gasteiger partial charge on any atom is 0.289 e. The summed E-state index contributed by atoms with van der Waals surface area (Å²) in [7, 11) is -1.66. The van der Waals surface area contributed by atoms with Crippen LogP contribution in [0.5, 0.6) is 0 Å². The van der Waals surface area contributed by atoms with Crippen molar-refractivity contribution in [2.75, 3.05) is 13.3 Å². The van der Waals surface area contributed by atoms with Gasteiger partial charge in [0.25, 0.3) is 5.91 Å². The van der Waals surface area contributed by atoms with Crippen LogP contribution in [0.25, 0.3) is 11.0 Å². The van der Waals surface area contributed by atoms with Gasteiger partial charge in [-0.3, -0.25) is 4.79 Å². The second-order valence-corrected chi connectivity index (χ2v) is 9.22. The van der Waals surface area contributed by atoms with E-state index in [1.807, 2.05) is 24.3 Å². The van der Waals surface area contributed by atoms with Crippen LogP contribution in [0, 0.1) is 0 Å². The summed E-state index contributed by atoms with van der Waals surface area (Å²) in [6, 6.07) is 14.7. The van der Waals surface area contributed by atoms with E-state index in [1.54, 1.807) is 31.3 Å². The number of sulfone groups is 1. The largest absolute Gasteiger partial charge is 0.451 e. The number of hydrogen-bond donors (Lipinski definition) is 0. The molecule has 7 heteroatoms. The molecule has 3 aromatic rings. The first-order valence-corrected chi connectivity index (χ1v) is 10.8. The molecule has 2 aromatic carbocycles. The minimum absolute atomic E-state index is 0.0752. The van der Waals surface area contributed by atoms with Crippen LogP contribution >= 0.6 is 15.9 Å². The summed E-state index contributed by atoms with van der Waals surface area (Å²) in [5.41, 5.74) is 1.86. The maximum absolute atomic E-state index is 13.0. The average molecular weight is 436 g/mol. The normalized spacial score (nSPS) is 11.7. The van der Waals surface area contributed by atoms with E-state index in [4.69, 9.17) is 4.42 Å². The molecule has 0 saturated carbocycles. The molecule has 0 aliphatic rings. The molecule has 1 heterocycles. The number of rotatable bonds is 5. The van der Waals surface area contributed by atoms with E-state index in [2.05, 4.69) is 15.9 Å². The predicted octanol–water partition coefficient (Wildman–Crippen LogP) is 4.01. The Kier molecular flexibility index (Phi) is 5.20. The van der Waals surface area contributed by atoms with Crippen LogP contribution in [0.2, 0.25) is 0 Å². The van der Waals surface area contributed by atoms with Crippen molar-refractivity contribution in [1.29, 1.82) is 0 Å². The number of furan rings is 1. The number of fused-ring (bicyclic) bond motifs is 1. The Morgan fingerprint density at radius 2 is 1.77 bits per heavy atom. The van der Waals surface area contributed by atoms with Crippen molar-refractivity contribution in [2.45, 2.75) is 12.3 Å². The first-order valence-electron chi connectivity index (χ1n) is 7.93. The standard InChI is InChI=1S/C19H18BrNO4S/c1-21(11-13-7-3-5-9-16(13)20)19(22)18-15(12-26(2,23)24)14-8-4-6-10-17(14)25-18/h3-10H,11-12H2,1-2H3. The van der Waals surface area contributed by atoms with Crippen molar-refractivity contribution in [3.63, 3.8) is 0 Å². The van der Waals surface area contributed by atoms with Crippen LogP contribution in [0.1, 0.15) is 21.7 Å². The molecule has 1 amide bonds. The van der Waals surface area contributed by atoms with Crippen LogP contribution in [-0.2, 0) is 22.1 Å². The lowest BCUT2D eigenvalue weighted by Gasteiger charge is -2.17. The van der Waals surface area contributed by atoms with E-state index in [0.717, 1.165) is 16.3 Å². The topological polar surface area (TPSA) is 67.6 Å². The van der Waals surface area contributed by atoms with Gasteiger partial charge >= 0.3 is 0 Å². The molecule has 0 fully saturated rings. The molecule has 136 valence electrons. The molecule has 0 saturated heterocycles. The van der Waals surface area contributed by atoms with E-state index >= 15 is 0 Å². The van der Waals surface area contributed by atoms with Crippen molar-refractivity contribution in [1.82, 2.24) is 4.90 Å². The fourth-order valence-corrected chi connectivity index (χ4v) is 4.03. The number of nitrogens with zero attached hydrogens (tertiary/aromatic N) is 1. The Hall–Kier alpha value is -2.12. The van der Waals surface area contributed by atoms with E-state index in [-0.39, 0.29) is 17.4 Å². The maximum atomic E-state index is 13.0. The first-order chi connectivity index (χ1) is 12.3. The highest BCUT2D eigenvalue weighted by Gasteiger charge is 2.25. The summed E-state index contributed by atoms with van der Waals surface area (Å²) in [6.45, 7) is 0.371. The summed E-state index contributed by atoms with van der Waals surface area (Å²) >= 11 is 3.47. The fourth-order valence-electron chi connectivity index (χ4n) is 2.80. The molecular formula is C19H18BrNO4S. The van der Waals surface area contributed by atoms with Gasteiger partial charge in [-0.2, -0.15) is 0 Å². The number of halogens is 1. The molecule has 0 aliphatic carbocycles. The van der Waals surface area contributed by atoms with Gasteiger partial charge in [0.15, 0.2) is 15.6 Å². The van der Waals surface area contributed by atoms with E-state index in [0.29, 0.717) is 23.1 Å². The third-order valence-electron chi connectivity index (χ3n) is 4.01. The lowest BCUT2D eigenvalue weighted by molar-refractivity contribution is 0.0754. The van der Waals surface area contributed by atoms with Crippen LogP contribution in [-0.4, -0.2) is 32.5 Å². The van der Waals surface area contributed by atoms with Crippen molar-refractivity contribution in [3.05, 3.63) is 69.9 Å². The summed E-state index contributed by atoms with van der Waals surface area (Å²) in [5.74, 6) is -0.518. The number of para-hydroxylation sites is 1. The van der Waals surface area contributed by atoms with Gasteiger partial charge in [-0.15, -0.1) is 0 Å². The van der Waals surface area contributed by atoms with Crippen LogP contribution < -0.4 is 0 Å². The Morgan fingerprint density at radius 3 is 2.46 bits per heavy atom. The molecule has 5 nitrogen and oxygen atoms in total. The van der Waals surface area contributed by atoms with Crippen LogP contribution in [0.4, 0.5) is 0 Å². The molecule has 1 aromatic heterocycles. The summed E-state index contributed by atoms with van der Waals surface area (Å²) in [4.78, 5) is 14.5. The van der Waals surface area contributed by atoms with Gasteiger partial charge in [-0.1, -0.05) is 52.3 Å². The van der Waals surface area contributed by atoms with Crippen molar-refractivity contribution in [2.24, 2.45) is 0 Å². The van der Waals surface area contributed by atoms with Gasteiger partial charge < -0.3 is 9.32 Å². The van der Waals surface area contributed by atoms with E-state index in [9.17, 15) is 13.2 Å². The van der Waals surface area contributed by atoms with E-state index in [1.165, 1.54) is 4.90 Å². The molecule has 0 bridgehead atoms. The Bertz CT molecular complexity index is 1070. The van der Waals surface area contributed by atoms with Crippen molar-refractivity contribution >= 4 is 42.6 Å². The first kappa shape index (κ1) is 18.7. The predicted molar refractivity (Wildman–Crippen MR) is 105 cm³/mol. The van der Waals surface area contributed by atoms with Crippen LogP contribution in [0.3, 0.4) is 0 Å². The lowest BCUT2D eigenvalue weighted by Crippen LogP contribution is -2.27. The molecule has 0 aliphatic heterocycles. The number of benzene rings is 2. The second kappa shape index (κ2) is 7.25. The molecule has 0 unspecified atom stereocenters. The second-order valence-electron chi connectivity index (χ2n) is 6.23. The monoisotopic (exact) mass is 435 g/mol. The zero-order chi connectivity index (χ0) is 18.9. The molecule has 0 N–H and O–H groups in total. The van der Waals surface area contributed by atoms with Gasteiger partial charge in [-0.25, -0.2) is 8.42 Å². The average Bonchev–Trinajstić information content (AvgIpc) is 2.93. The number of amides is 1. The molecular weight excluding hydrogens is 418 g/mol. The van der Waals surface area contributed by atoms with Gasteiger partial charge in [0, 0.05) is 35.3 Å². The van der Waals surface area contributed by atoms with Gasteiger partial charge in [-0.05, 0) is 17.7 Å². The zero-order valence-electron chi connectivity index (χ0n) is 14.4. The quantitative estimate of drug-likeness (QED) is 0.606. The van der Waals surface area contributed by atoms with Crippen molar-refractivity contribution < 1.29 is 17.6 Å². The molecule has 26 heavy (non-hydrogen) atoms. The molecule has 3 rings (SSSR count). The SMILES string of the molecule is CN(Cc1ccccc1Br)C(=O)c1oc2ccccc2c1CS(C)(=O)=O. The third kappa shape index (κ3) is 3.99. The summed E-state index contributed by atoms with van der Waals surface area (Å²) in [5, 5.41) is 0.649. The minimum atomic E-state index is -3.32. The fraction of sp³-hybridized carbons (Fsp3) is 0.211. The highest BCUT2D eigenvalue weighted by molar-refractivity contribution is 9.10. The highest BCUT2D eigenvalue weighted by Crippen LogP contribution is 2.29. The van der Waals surface area contributed by atoms with Gasteiger partial charge in [0.2, 0.25) is 0 Å². The Labute approximate surface area is 160 Å². The minimum Gasteiger partial charge on any atom is -0.451 e. The Balaban J connectivity index is 1.99. The zero-order valence-corrected chi connectivity index (χ0v) is 16.8. The molecule has 0 atom stereocenters. The van der Waals surface area contributed by atoms with Gasteiger partial charge in [0.05, 0.1) is 5.75 Å². The summed E-state index contributed by atoms with van der Waals surface area (Å²) in [6.07, 6.45) is 1.15. The lowest BCUT2D eigenvalue weighted by atomic mass is 10.1.